The number of benzene rings is 2. The largest absolute Gasteiger partial charge is 0.493 e. The Morgan fingerprint density at radius 3 is 2.54 bits per heavy atom. The van der Waals surface area contributed by atoms with Gasteiger partial charge in [-0.1, -0.05) is 51.0 Å². The maximum absolute atomic E-state index is 13.0. The first kappa shape index (κ1) is 25.8. The number of rotatable bonds is 11. The maximum Gasteiger partial charge on any atom is 0.259 e. The second-order valence-electron chi connectivity index (χ2n) is 8.83. The minimum atomic E-state index is -0.249. The summed E-state index contributed by atoms with van der Waals surface area (Å²) in [4.78, 5) is 34.7. The Bertz CT molecular complexity index is 1360. The number of ether oxygens (including phenoxy) is 1. The smallest absolute Gasteiger partial charge is 0.259 e. The van der Waals surface area contributed by atoms with Crippen LogP contribution in [0.25, 0.3) is 10.9 Å². The molecule has 0 aliphatic rings. The van der Waals surface area contributed by atoms with Crippen molar-refractivity contribution in [2.75, 3.05) is 11.9 Å². The highest BCUT2D eigenvalue weighted by molar-refractivity contribution is 6.07. The van der Waals surface area contributed by atoms with Crippen molar-refractivity contribution in [3.05, 3.63) is 95.9 Å². The molecule has 0 aliphatic heterocycles. The molecule has 0 spiro atoms. The molecule has 2 aromatic heterocycles. The van der Waals surface area contributed by atoms with Gasteiger partial charge in [0.1, 0.15) is 5.75 Å². The van der Waals surface area contributed by atoms with E-state index in [0.29, 0.717) is 34.7 Å². The lowest BCUT2D eigenvalue weighted by Gasteiger charge is -2.16. The zero-order chi connectivity index (χ0) is 26.0. The first-order valence-electron chi connectivity index (χ1n) is 12.7. The average molecular weight is 497 g/mol. The van der Waals surface area contributed by atoms with Gasteiger partial charge in [-0.3, -0.25) is 19.6 Å². The Kier molecular flexibility index (Phi) is 8.81. The summed E-state index contributed by atoms with van der Waals surface area (Å²) in [5.74, 6) is 0.114. The van der Waals surface area contributed by atoms with E-state index in [1.807, 2.05) is 49.4 Å². The molecule has 4 aromatic rings. The number of hydrogen-bond donors (Lipinski definition) is 2. The number of unbranched alkanes of at least 4 members (excludes halogenated alkanes) is 2. The summed E-state index contributed by atoms with van der Waals surface area (Å²) in [6.07, 6.45) is 7.14. The summed E-state index contributed by atoms with van der Waals surface area (Å²) >= 11 is 0. The Morgan fingerprint density at radius 2 is 1.76 bits per heavy atom. The van der Waals surface area contributed by atoms with Gasteiger partial charge in [-0.25, -0.2) is 0 Å². The monoisotopic (exact) mass is 496 g/mol. The molecule has 2 amide bonds. The lowest BCUT2D eigenvalue weighted by Crippen LogP contribution is -2.28. The van der Waals surface area contributed by atoms with E-state index in [4.69, 9.17) is 4.74 Å². The van der Waals surface area contributed by atoms with Gasteiger partial charge in [0.25, 0.3) is 11.8 Å². The summed E-state index contributed by atoms with van der Waals surface area (Å²) in [6.45, 7) is 4.72. The van der Waals surface area contributed by atoms with E-state index >= 15 is 0 Å². The highest BCUT2D eigenvalue weighted by Crippen LogP contribution is 2.23. The van der Waals surface area contributed by atoms with E-state index in [2.05, 4.69) is 27.5 Å². The van der Waals surface area contributed by atoms with Crippen LogP contribution < -0.4 is 15.4 Å². The van der Waals surface area contributed by atoms with Gasteiger partial charge in [0.15, 0.2) is 0 Å². The van der Waals surface area contributed by atoms with Crippen molar-refractivity contribution in [2.24, 2.45) is 0 Å². The minimum absolute atomic E-state index is 0.180. The molecule has 2 heterocycles. The highest BCUT2D eigenvalue weighted by Gasteiger charge is 2.16. The van der Waals surface area contributed by atoms with Crippen LogP contribution in [0.15, 0.2) is 79.1 Å². The number of carbonyl (C=O) groups excluding carboxylic acids is 2. The average Bonchev–Trinajstić information content (AvgIpc) is 2.94. The zero-order valence-electron chi connectivity index (χ0n) is 21.2. The molecule has 1 atom stereocenters. The number of aromatic nitrogens is 2. The fraction of sp³-hybridized carbons (Fsp3) is 0.267. The normalized spacial score (nSPS) is 11.6. The summed E-state index contributed by atoms with van der Waals surface area (Å²) < 4.78 is 5.85. The van der Waals surface area contributed by atoms with E-state index in [9.17, 15) is 9.59 Å². The summed E-state index contributed by atoms with van der Waals surface area (Å²) in [7, 11) is 0. The Hall–Kier alpha value is -4.26. The quantitative estimate of drug-likeness (QED) is 0.237. The molecule has 0 fully saturated rings. The number of fused-ring (bicyclic) bond motifs is 1. The van der Waals surface area contributed by atoms with E-state index in [1.54, 1.807) is 36.7 Å². The van der Waals surface area contributed by atoms with Crippen LogP contribution in [0.4, 0.5) is 5.69 Å². The van der Waals surface area contributed by atoms with Crippen molar-refractivity contribution < 1.29 is 14.3 Å². The van der Waals surface area contributed by atoms with Crippen molar-refractivity contribution in [1.29, 1.82) is 0 Å². The van der Waals surface area contributed by atoms with Crippen LogP contribution in [-0.2, 0) is 0 Å². The maximum atomic E-state index is 13.0. The fourth-order valence-electron chi connectivity index (χ4n) is 4.04. The molecular weight excluding hydrogens is 464 g/mol. The van der Waals surface area contributed by atoms with Gasteiger partial charge in [0, 0.05) is 23.5 Å². The topological polar surface area (TPSA) is 93.2 Å². The molecule has 4 rings (SSSR count). The van der Waals surface area contributed by atoms with Gasteiger partial charge in [-0.05, 0) is 55.3 Å². The van der Waals surface area contributed by atoms with Crippen molar-refractivity contribution in [3.8, 4) is 5.75 Å². The Morgan fingerprint density at radius 1 is 0.919 bits per heavy atom. The summed E-state index contributed by atoms with van der Waals surface area (Å²) in [5, 5.41) is 6.77. The second-order valence-corrected chi connectivity index (χ2v) is 8.83. The van der Waals surface area contributed by atoms with Gasteiger partial charge in [0.05, 0.1) is 35.0 Å². The lowest BCUT2D eigenvalue weighted by molar-refractivity contribution is 0.0933. The predicted octanol–water partition coefficient (Wildman–Crippen LogP) is 6.33. The molecule has 2 N–H and O–H groups in total. The van der Waals surface area contributed by atoms with Gasteiger partial charge in [-0.15, -0.1) is 0 Å². The SMILES string of the molecule is CCCCCOc1ccccc1C(=O)Nc1ccc2cc(C(=O)NC(CC)c3ccccn3)cnc2c1. The van der Waals surface area contributed by atoms with Crippen molar-refractivity contribution >= 4 is 28.4 Å². The first-order valence-corrected chi connectivity index (χ1v) is 12.7. The molecular formula is C30H32N4O3. The van der Waals surface area contributed by atoms with Crippen LogP contribution >= 0.6 is 0 Å². The predicted molar refractivity (Wildman–Crippen MR) is 146 cm³/mol. The van der Waals surface area contributed by atoms with Gasteiger partial charge >= 0.3 is 0 Å². The number of nitrogens with one attached hydrogen (secondary N) is 2. The van der Waals surface area contributed by atoms with Crippen LogP contribution in [0, 0.1) is 0 Å². The molecule has 2 aromatic carbocycles. The van der Waals surface area contributed by atoms with Crippen molar-refractivity contribution in [2.45, 2.75) is 45.6 Å². The molecule has 0 aliphatic carbocycles. The second kappa shape index (κ2) is 12.6. The number of anilines is 1. The Balaban J connectivity index is 1.45. The molecule has 7 nitrogen and oxygen atoms in total. The third-order valence-corrected chi connectivity index (χ3v) is 6.10. The van der Waals surface area contributed by atoms with Gasteiger partial charge in [-0.2, -0.15) is 0 Å². The van der Waals surface area contributed by atoms with E-state index < -0.39 is 0 Å². The molecule has 0 radical (unpaired) electrons. The molecule has 0 saturated heterocycles. The molecule has 37 heavy (non-hydrogen) atoms. The van der Waals surface area contributed by atoms with Gasteiger partial charge < -0.3 is 15.4 Å². The molecule has 0 saturated carbocycles. The van der Waals surface area contributed by atoms with Gasteiger partial charge in [0.2, 0.25) is 0 Å². The highest BCUT2D eigenvalue weighted by atomic mass is 16.5. The third kappa shape index (κ3) is 6.70. The summed E-state index contributed by atoms with van der Waals surface area (Å²) in [5.41, 5.74) is 3.06. The van der Waals surface area contributed by atoms with E-state index in [1.165, 1.54) is 0 Å². The molecule has 1 unspecified atom stereocenters. The van der Waals surface area contributed by atoms with Crippen LogP contribution in [0.2, 0.25) is 0 Å². The first-order chi connectivity index (χ1) is 18.1. The third-order valence-electron chi connectivity index (χ3n) is 6.10. The molecule has 7 heteroatoms. The van der Waals surface area contributed by atoms with E-state index in [0.717, 1.165) is 36.8 Å². The molecule has 190 valence electrons. The number of pyridine rings is 2. The minimum Gasteiger partial charge on any atom is -0.493 e. The summed E-state index contributed by atoms with van der Waals surface area (Å²) in [6, 6.07) is 20.0. The number of nitrogens with zero attached hydrogens (tertiary/aromatic N) is 2. The number of amides is 2. The zero-order valence-corrected chi connectivity index (χ0v) is 21.2. The fourth-order valence-corrected chi connectivity index (χ4v) is 4.04. The number of hydrogen-bond acceptors (Lipinski definition) is 5. The standard InChI is InChI=1S/C30H32N4O3/c1-3-5-10-17-37-28-13-7-6-11-24(28)30(36)33-23-15-14-21-18-22(20-32-27(21)19-23)29(35)34-25(4-2)26-12-8-9-16-31-26/h6-9,11-16,18-20,25H,3-5,10,17H2,1-2H3,(H,33,36)(H,34,35). The van der Waals surface area contributed by atoms with Crippen LogP contribution in [-0.4, -0.2) is 28.4 Å². The van der Waals surface area contributed by atoms with Crippen molar-refractivity contribution in [1.82, 2.24) is 15.3 Å². The van der Waals surface area contributed by atoms with E-state index in [-0.39, 0.29) is 17.9 Å². The lowest BCUT2D eigenvalue weighted by atomic mass is 10.1. The molecule has 0 bridgehead atoms. The number of para-hydroxylation sites is 1. The van der Waals surface area contributed by atoms with Crippen LogP contribution in [0.5, 0.6) is 5.75 Å². The van der Waals surface area contributed by atoms with Crippen molar-refractivity contribution in [3.63, 3.8) is 0 Å². The van der Waals surface area contributed by atoms with Crippen LogP contribution in [0.1, 0.15) is 72.0 Å². The number of carbonyl (C=O) groups is 2. The van der Waals surface area contributed by atoms with Crippen LogP contribution in [0.3, 0.4) is 0 Å². The Labute approximate surface area is 217 Å².